The lowest BCUT2D eigenvalue weighted by molar-refractivity contribution is 0.0512. The van der Waals surface area contributed by atoms with Crippen molar-refractivity contribution in [3.8, 4) is 11.4 Å². The first-order valence-electron chi connectivity index (χ1n) is 5.48. The normalized spacial score (nSPS) is 10.4. The molecule has 2 rings (SSSR count). The fraction of sp³-hybridized carbons (Fsp3) is 0.250. The predicted octanol–water partition coefficient (Wildman–Crippen LogP) is 2.61. The molecule has 0 saturated carbocycles. The average molecular weight is 266 g/mol. The highest BCUT2D eigenvalue weighted by Gasteiger charge is 2.14. The first-order valence-corrected chi connectivity index (χ1v) is 5.85. The number of H-pyrrole nitrogens is 1. The first-order chi connectivity index (χ1) is 8.61. The average Bonchev–Trinajstić information content (AvgIpc) is 2.78. The molecule has 0 bridgehead atoms. The molecule has 18 heavy (non-hydrogen) atoms. The minimum Gasteiger partial charge on any atom is -0.460 e. The van der Waals surface area contributed by atoms with Gasteiger partial charge in [0.05, 0.1) is 6.61 Å². The highest BCUT2D eigenvalue weighted by molar-refractivity contribution is 6.30. The number of carbonyl (C=O) groups is 1. The number of ether oxygens (including phenoxy) is 1. The van der Waals surface area contributed by atoms with Gasteiger partial charge in [-0.15, -0.1) is 0 Å². The summed E-state index contributed by atoms with van der Waals surface area (Å²) in [5, 5.41) is 7.21. The van der Waals surface area contributed by atoms with Crippen LogP contribution in [0.15, 0.2) is 18.2 Å². The van der Waals surface area contributed by atoms with Crippen LogP contribution in [0.25, 0.3) is 11.4 Å². The smallest absolute Gasteiger partial charge is 0.375 e. The second kappa shape index (κ2) is 5.18. The van der Waals surface area contributed by atoms with Gasteiger partial charge >= 0.3 is 5.97 Å². The van der Waals surface area contributed by atoms with E-state index in [1.54, 1.807) is 13.0 Å². The van der Waals surface area contributed by atoms with Crippen molar-refractivity contribution >= 4 is 17.6 Å². The molecule has 1 aromatic carbocycles. The monoisotopic (exact) mass is 265 g/mol. The van der Waals surface area contributed by atoms with Gasteiger partial charge in [-0.05, 0) is 37.6 Å². The van der Waals surface area contributed by atoms with Crippen molar-refractivity contribution in [2.45, 2.75) is 13.8 Å². The van der Waals surface area contributed by atoms with Crippen LogP contribution in [0.4, 0.5) is 0 Å². The molecule has 1 aromatic heterocycles. The summed E-state index contributed by atoms with van der Waals surface area (Å²) >= 11 is 5.88. The highest BCUT2D eigenvalue weighted by atomic mass is 35.5. The Kier molecular flexibility index (Phi) is 3.62. The molecule has 0 aliphatic carbocycles. The summed E-state index contributed by atoms with van der Waals surface area (Å²) in [6, 6.07) is 5.39. The van der Waals surface area contributed by atoms with Gasteiger partial charge in [-0.1, -0.05) is 11.6 Å². The number of benzene rings is 1. The molecule has 1 N–H and O–H groups in total. The second-order valence-corrected chi connectivity index (χ2v) is 4.12. The molecule has 0 radical (unpaired) electrons. The fourth-order valence-electron chi connectivity index (χ4n) is 1.55. The topological polar surface area (TPSA) is 67.9 Å². The molecule has 0 saturated heterocycles. The summed E-state index contributed by atoms with van der Waals surface area (Å²) in [5.74, 6) is 0.0382. The molecule has 0 amide bonds. The molecule has 0 unspecified atom stereocenters. The Hall–Kier alpha value is -1.88. The number of nitrogens with one attached hydrogen (secondary N) is 1. The van der Waals surface area contributed by atoms with Crippen molar-refractivity contribution in [1.82, 2.24) is 15.2 Å². The zero-order chi connectivity index (χ0) is 13.1. The SMILES string of the molecule is CCOC(=O)c1nc(-c2ccc(Cl)cc2C)n[nH]1. The van der Waals surface area contributed by atoms with Gasteiger partial charge in [0.15, 0.2) is 5.82 Å². The van der Waals surface area contributed by atoms with E-state index >= 15 is 0 Å². The number of hydrogen-bond acceptors (Lipinski definition) is 4. The van der Waals surface area contributed by atoms with Crippen LogP contribution in [0, 0.1) is 6.92 Å². The van der Waals surface area contributed by atoms with Gasteiger partial charge in [-0.2, -0.15) is 5.10 Å². The minimum atomic E-state index is -0.511. The largest absolute Gasteiger partial charge is 0.460 e. The van der Waals surface area contributed by atoms with E-state index < -0.39 is 5.97 Å². The van der Waals surface area contributed by atoms with E-state index in [1.165, 1.54) is 0 Å². The van der Waals surface area contributed by atoms with E-state index in [0.717, 1.165) is 11.1 Å². The number of aryl methyl sites for hydroxylation is 1. The molecule has 94 valence electrons. The Morgan fingerprint density at radius 1 is 1.50 bits per heavy atom. The number of esters is 1. The molecular weight excluding hydrogens is 254 g/mol. The van der Waals surface area contributed by atoms with Crippen molar-refractivity contribution < 1.29 is 9.53 Å². The van der Waals surface area contributed by atoms with E-state index in [1.807, 2.05) is 19.1 Å². The number of carbonyl (C=O) groups excluding carboxylic acids is 1. The summed E-state index contributed by atoms with van der Waals surface area (Å²) in [5.41, 5.74) is 1.77. The molecule has 0 spiro atoms. The highest BCUT2D eigenvalue weighted by Crippen LogP contribution is 2.22. The Morgan fingerprint density at radius 3 is 2.94 bits per heavy atom. The third-order valence-corrected chi connectivity index (χ3v) is 2.62. The molecule has 1 heterocycles. The number of rotatable bonds is 3. The maximum Gasteiger partial charge on any atom is 0.375 e. The third-order valence-electron chi connectivity index (χ3n) is 2.38. The Bertz CT molecular complexity index is 580. The van der Waals surface area contributed by atoms with E-state index in [4.69, 9.17) is 16.3 Å². The van der Waals surface area contributed by atoms with Crippen LogP contribution in [-0.2, 0) is 4.74 Å². The molecule has 0 fully saturated rings. The summed E-state index contributed by atoms with van der Waals surface area (Å²) in [4.78, 5) is 15.6. The molecule has 5 nitrogen and oxygen atoms in total. The molecule has 6 heteroatoms. The maximum atomic E-state index is 11.5. The van der Waals surface area contributed by atoms with Crippen LogP contribution >= 0.6 is 11.6 Å². The van der Waals surface area contributed by atoms with E-state index in [2.05, 4.69) is 15.2 Å². The zero-order valence-electron chi connectivity index (χ0n) is 10.0. The van der Waals surface area contributed by atoms with Crippen molar-refractivity contribution in [1.29, 1.82) is 0 Å². The van der Waals surface area contributed by atoms with Crippen LogP contribution in [0.3, 0.4) is 0 Å². The Labute approximate surface area is 109 Å². The molecule has 0 aliphatic heterocycles. The van der Waals surface area contributed by atoms with Crippen LogP contribution in [-0.4, -0.2) is 27.8 Å². The van der Waals surface area contributed by atoms with Gasteiger partial charge in [0, 0.05) is 10.6 Å². The number of halogens is 1. The van der Waals surface area contributed by atoms with Crippen molar-refractivity contribution in [3.63, 3.8) is 0 Å². The molecule has 0 aliphatic rings. The molecular formula is C12H12ClN3O2. The number of aromatic amines is 1. The lowest BCUT2D eigenvalue weighted by Crippen LogP contribution is -2.06. The minimum absolute atomic E-state index is 0.0983. The standard InChI is InChI=1S/C12H12ClN3O2/c1-3-18-12(17)11-14-10(15-16-11)9-5-4-8(13)6-7(9)2/h4-6H,3H2,1-2H3,(H,14,15,16). The van der Waals surface area contributed by atoms with Gasteiger partial charge in [-0.3, -0.25) is 5.10 Å². The Morgan fingerprint density at radius 2 is 2.28 bits per heavy atom. The number of hydrogen-bond donors (Lipinski definition) is 1. The van der Waals surface area contributed by atoms with Crippen molar-refractivity contribution in [2.24, 2.45) is 0 Å². The fourth-order valence-corrected chi connectivity index (χ4v) is 1.78. The molecule has 0 atom stereocenters. The number of nitrogens with zero attached hydrogens (tertiary/aromatic N) is 2. The van der Waals surface area contributed by atoms with Gasteiger partial charge in [0.25, 0.3) is 0 Å². The Balaban J connectivity index is 2.32. The van der Waals surface area contributed by atoms with E-state index in [-0.39, 0.29) is 5.82 Å². The van der Waals surface area contributed by atoms with Gasteiger partial charge < -0.3 is 4.74 Å². The predicted molar refractivity (Wildman–Crippen MR) is 67.5 cm³/mol. The van der Waals surface area contributed by atoms with Crippen LogP contribution in [0.5, 0.6) is 0 Å². The third kappa shape index (κ3) is 2.51. The van der Waals surface area contributed by atoms with Crippen LogP contribution in [0.2, 0.25) is 5.02 Å². The summed E-state index contributed by atoms with van der Waals surface area (Å²) < 4.78 is 4.83. The van der Waals surface area contributed by atoms with Gasteiger partial charge in [-0.25, -0.2) is 9.78 Å². The summed E-state index contributed by atoms with van der Waals surface area (Å²) in [7, 11) is 0. The first kappa shape index (κ1) is 12.6. The quantitative estimate of drug-likeness (QED) is 0.866. The zero-order valence-corrected chi connectivity index (χ0v) is 10.8. The lowest BCUT2D eigenvalue weighted by atomic mass is 10.1. The summed E-state index contributed by atoms with van der Waals surface area (Å²) in [6.45, 7) is 3.94. The van der Waals surface area contributed by atoms with Gasteiger partial charge in [0.1, 0.15) is 0 Å². The van der Waals surface area contributed by atoms with E-state index in [0.29, 0.717) is 17.5 Å². The molecule has 2 aromatic rings. The summed E-state index contributed by atoms with van der Waals surface area (Å²) in [6.07, 6.45) is 0. The van der Waals surface area contributed by atoms with Crippen LogP contribution in [0.1, 0.15) is 23.1 Å². The van der Waals surface area contributed by atoms with Gasteiger partial charge in [0.2, 0.25) is 5.82 Å². The lowest BCUT2D eigenvalue weighted by Gasteiger charge is -2.01. The van der Waals surface area contributed by atoms with E-state index in [9.17, 15) is 4.79 Å². The number of aromatic nitrogens is 3. The van der Waals surface area contributed by atoms with Crippen LogP contribution < -0.4 is 0 Å². The van der Waals surface area contributed by atoms with Crippen molar-refractivity contribution in [2.75, 3.05) is 6.61 Å². The maximum absolute atomic E-state index is 11.5. The van der Waals surface area contributed by atoms with Crippen molar-refractivity contribution in [3.05, 3.63) is 34.6 Å². The second-order valence-electron chi connectivity index (χ2n) is 3.69.